The monoisotopic (exact) mass is 430 g/mol. The molecule has 1 saturated heterocycles. The van der Waals surface area contributed by atoms with Gasteiger partial charge in [0.2, 0.25) is 15.9 Å². The van der Waals surface area contributed by atoms with Crippen LogP contribution in [0.15, 0.2) is 18.2 Å². The number of halogens is 1. The van der Waals surface area contributed by atoms with Gasteiger partial charge in [-0.25, -0.2) is 13.1 Å². The van der Waals surface area contributed by atoms with Gasteiger partial charge >= 0.3 is 0 Å². The molecule has 1 aliphatic rings. The van der Waals surface area contributed by atoms with Gasteiger partial charge in [-0.2, -0.15) is 0 Å². The third-order valence-corrected chi connectivity index (χ3v) is 5.42. The standard InChI is InChI=1S/C19H27ClN2O5S/c1-4-27-17-12-14(11-16(20)19(17)26-2)8-9-18(23)22-10-6-5-7-15(22)13-21-28(3,24)25/h8-9,11-12,15,21H,4-7,10,13H2,1-3H3/b9-8+. The number of amides is 1. The van der Waals surface area contributed by atoms with Gasteiger partial charge in [0.25, 0.3) is 0 Å². The number of hydrogen-bond acceptors (Lipinski definition) is 5. The van der Waals surface area contributed by atoms with Gasteiger partial charge in [-0.1, -0.05) is 11.6 Å². The van der Waals surface area contributed by atoms with E-state index < -0.39 is 10.0 Å². The zero-order chi connectivity index (χ0) is 20.7. The van der Waals surface area contributed by atoms with Gasteiger partial charge in [-0.15, -0.1) is 0 Å². The molecule has 9 heteroatoms. The molecule has 1 fully saturated rings. The fourth-order valence-electron chi connectivity index (χ4n) is 3.16. The quantitative estimate of drug-likeness (QED) is 0.641. The van der Waals surface area contributed by atoms with Crippen molar-refractivity contribution in [1.82, 2.24) is 9.62 Å². The van der Waals surface area contributed by atoms with Crippen LogP contribution in [0.3, 0.4) is 0 Å². The molecule has 0 bridgehead atoms. The van der Waals surface area contributed by atoms with Crippen LogP contribution in [0.5, 0.6) is 11.5 Å². The molecule has 7 nitrogen and oxygen atoms in total. The van der Waals surface area contributed by atoms with E-state index in [0.29, 0.717) is 35.2 Å². The van der Waals surface area contributed by atoms with Crippen molar-refractivity contribution in [2.24, 2.45) is 0 Å². The second kappa shape index (κ2) is 10.1. The topological polar surface area (TPSA) is 84.9 Å². The van der Waals surface area contributed by atoms with Crippen molar-refractivity contribution >= 4 is 33.6 Å². The molecule has 0 saturated carbocycles. The van der Waals surface area contributed by atoms with Crippen molar-refractivity contribution < 1.29 is 22.7 Å². The molecule has 1 aromatic rings. The summed E-state index contributed by atoms with van der Waals surface area (Å²) in [5.41, 5.74) is 0.713. The molecule has 0 aliphatic carbocycles. The molecule has 1 amide bonds. The van der Waals surface area contributed by atoms with Gasteiger partial charge in [0.05, 0.1) is 25.0 Å². The minimum Gasteiger partial charge on any atom is -0.491 e. The molecule has 1 aromatic carbocycles. The molecule has 0 radical (unpaired) electrons. The highest BCUT2D eigenvalue weighted by Crippen LogP contribution is 2.36. The number of methoxy groups -OCH3 is 1. The summed E-state index contributed by atoms with van der Waals surface area (Å²) >= 11 is 6.24. The highest BCUT2D eigenvalue weighted by atomic mass is 35.5. The second-order valence-electron chi connectivity index (χ2n) is 6.60. The number of piperidine rings is 1. The van der Waals surface area contributed by atoms with Crippen LogP contribution in [0.4, 0.5) is 0 Å². The lowest BCUT2D eigenvalue weighted by molar-refractivity contribution is -0.129. The van der Waals surface area contributed by atoms with Crippen LogP contribution in [0, 0.1) is 0 Å². The SMILES string of the molecule is CCOc1cc(/C=C/C(=O)N2CCCCC2CNS(C)(=O)=O)cc(Cl)c1OC. The summed E-state index contributed by atoms with van der Waals surface area (Å²) in [6.07, 6.45) is 6.90. The van der Waals surface area contributed by atoms with Crippen LogP contribution >= 0.6 is 11.6 Å². The van der Waals surface area contributed by atoms with Crippen molar-refractivity contribution in [2.75, 3.05) is 33.1 Å². The lowest BCUT2D eigenvalue weighted by Crippen LogP contribution is -2.48. The minimum atomic E-state index is -3.30. The summed E-state index contributed by atoms with van der Waals surface area (Å²) < 4.78 is 36.0. The van der Waals surface area contributed by atoms with Crippen LogP contribution in [0.2, 0.25) is 5.02 Å². The van der Waals surface area contributed by atoms with Crippen LogP contribution in [-0.2, 0) is 14.8 Å². The number of carbonyl (C=O) groups excluding carboxylic acids is 1. The summed E-state index contributed by atoms with van der Waals surface area (Å²) in [5.74, 6) is 0.803. The van der Waals surface area contributed by atoms with Crippen molar-refractivity contribution in [3.8, 4) is 11.5 Å². The highest BCUT2D eigenvalue weighted by Gasteiger charge is 2.26. The first-order valence-corrected chi connectivity index (χ1v) is 11.5. The fourth-order valence-corrected chi connectivity index (χ4v) is 3.95. The Balaban J connectivity index is 2.14. The molecular weight excluding hydrogens is 404 g/mol. The Morgan fingerprint density at radius 2 is 2.14 bits per heavy atom. The number of hydrogen-bond donors (Lipinski definition) is 1. The van der Waals surface area contributed by atoms with E-state index in [4.69, 9.17) is 21.1 Å². The zero-order valence-corrected chi connectivity index (χ0v) is 18.0. The number of sulfonamides is 1. The van der Waals surface area contributed by atoms with E-state index in [-0.39, 0.29) is 18.5 Å². The largest absolute Gasteiger partial charge is 0.491 e. The molecule has 1 aliphatic heterocycles. The normalized spacial score (nSPS) is 17.7. The summed E-state index contributed by atoms with van der Waals surface area (Å²) in [5, 5.41) is 0.397. The lowest BCUT2D eigenvalue weighted by Gasteiger charge is -2.35. The number of nitrogens with zero attached hydrogens (tertiary/aromatic N) is 1. The maximum Gasteiger partial charge on any atom is 0.246 e. The number of carbonyl (C=O) groups is 1. The molecule has 156 valence electrons. The van der Waals surface area contributed by atoms with E-state index in [1.54, 1.807) is 23.1 Å². The molecule has 0 aromatic heterocycles. The summed E-state index contributed by atoms with van der Waals surface area (Å²) in [6, 6.07) is 3.31. The first-order chi connectivity index (χ1) is 13.2. The molecule has 1 heterocycles. The summed E-state index contributed by atoms with van der Waals surface area (Å²) in [7, 11) is -1.78. The minimum absolute atomic E-state index is 0.154. The van der Waals surface area contributed by atoms with E-state index in [9.17, 15) is 13.2 Å². The Labute approximate surface area is 171 Å². The number of ether oxygens (including phenoxy) is 2. The third kappa shape index (κ3) is 6.39. The van der Waals surface area contributed by atoms with Crippen LogP contribution in [0.1, 0.15) is 31.7 Å². The van der Waals surface area contributed by atoms with Crippen LogP contribution in [0.25, 0.3) is 6.08 Å². The number of likely N-dealkylation sites (tertiary alicyclic amines) is 1. The average Bonchev–Trinajstić information content (AvgIpc) is 2.64. The van der Waals surface area contributed by atoms with Gasteiger partial charge < -0.3 is 14.4 Å². The van der Waals surface area contributed by atoms with E-state index in [1.165, 1.54) is 13.2 Å². The van der Waals surface area contributed by atoms with Crippen molar-refractivity contribution in [1.29, 1.82) is 0 Å². The van der Waals surface area contributed by atoms with Crippen LogP contribution in [-0.4, -0.2) is 58.3 Å². The average molecular weight is 431 g/mol. The predicted octanol–water partition coefficient (Wildman–Crippen LogP) is 2.69. The first-order valence-electron chi connectivity index (χ1n) is 9.18. The van der Waals surface area contributed by atoms with E-state index in [2.05, 4.69) is 4.72 Å². The Bertz CT molecular complexity index is 826. The first kappa shape index (κ1) is 22.5. The maximum atomic E-state index is 12.7. The molecule has 1 atom stereocenters. The van der Waals surface area contributed by atoms with E-state index >= 15 is 0 Å². The van der Waals surface area contributed by atoms with Gasteiger partial charge in [-0.3, -0.25) is 4.79 Å². The number of nitrogens with one attached hydrogen (secondary N) is 1. The molecule has 1 unspecified atom stereocenters. The van der Waals surface area contributed by atoms with Gasteiger partial charge in [0, 0.05) is 25.2 Å². The van der Waals surface area contributed by atoms with Gasteiger partial charge in [-0.05, 0) is 50.0 Å². The molecule has 0 spiro atoms. The predicted molar refractivity (Wildman–Crippen MR) is 110 cm³/mol. The Morgan fingerprint density at radius 3 is 2.79 bits per heavy atom. The molecule has 1 N–H and O–H groups in total. The second-order valence-corrected chi connectivity index (χ2v) is 8.84. The summed E-state index contributed by atoms with van der Waals surface area (Å²) in [4.78, 5) is 14.4. The Morgan fingerprint density at radius 1 is 1.39 bits per heavy atom. The lowest BCUT2D eigenvalue weighted by atomic mass is 10.0. The molecule has 2 rings (SSSR count). The number of rotatable bonds is 8. The van der Waals surface area contributed by atoms with Crippen LogP contribution < -0.4 is 14.2 Å². The maximum absolute atomic E-state index is 12.7. The fraction of sp³-hybridized carbons (Fsp3) is 0.526. The van der Waals surface area contributed by atoms with Gasteiger partial charge in [0.15, 0.2) is 11.5 Å². The smallest absolute Gasteiger partial charge is 0.246 e. The Kier molecular flexibility index (Phi) is 8.15. The van der Waals surface area contributed by atoms with Crippen molar-refractivity contribution in [2.45, 2.75) is 32.2 Å². The summed E-state index contributed by atoms with van der Waals surface area (Å²) in [6.45, 7) is 3.15. The third-order valence-electron chi connectivity index (χ3n) is 4.45. The van der Waals surface area contributed by atoms with E-state index in [0.717, 1.165) is 25.5 Å². The zero-order valence-electron chi connectivity index (χ0n) is 16.4. The van der Waals surface area contributed by atoms with Gasteiger partial charge in [0.1, 0.15) is 0 Å². The number of benzene rings is 1. The van der Waals surface area contributed by atoms with Crippen molar-refractivity contribution in [3.05, 3.63) is 28.8 Å². The molecular formula is C19H27ClN2O5S. The highest BCUT2D eigenvalue weighted by molar-refractivity contribution is 7.88. The van der Waals surface area contributed by atoms with E-state index in [1.807, 2.05) is 6.92 Å². The van der Waals surface area contributed by atoms with Crippen molar-refractivity contribution in [3.63, 3.8) is 0 Å². The Hall–Kier alpha value is -1.77. The molecule has 28 heavy (non-hydrogen) atoms.